The second kappa shape index (κ2) is 12.9. The number of carbonyl (C=O) groups excluding carboxylic acids is 2. The molecule has 206 valence electrons. The van der Waals surface area contributed by atoms with Crippen LogP contribution in [0.5, 0.6) is 0 Å². The fourth-order valence-corrected chi connectivity index (χ4v) is 6.01. The first-order chi connectivity index (χ1) is 19.4. The molecule has 1 aromatic heterocycles. The maximum absolute atomic E-state index is 13.0. The summed E-state index contributed by atoms with van der Waals surface area (Å²) in [6, 6.07) is 24.5. The Morgan fingerprint density at radius 2 is 1.65 bits per heavy atom. The van der Waals surface area contributed by atoms with E-state index < -0.39 is 0 Å². The first kappa shape index (κ1) is 28.2. The number of hydrogen-bond acceptors (Lipinski definition) is 5. The molecule has 1 unspecified atom stereocenters. The number of para-hydroxylation sites is 1. The third-order valence-corrected chi connectivity index (χ3v) is 8.46. The molecule has 0 N–H and O–H groups in total. The number of amides is 2. The van der Waals surface area contributed by atoms with Gasteiger partial charge in [0, 0.05) is 54.1 Å². The Labute approximate surface area is 248 Å². The van der Waals surface area contributed by atoms with Crippen LogP contribution in [0.15, 0.2) is 84.0 Å². The highest BCUT2D eigenvalue weighted by Crippen LogP contribution is 2.29. The monoisotopic (exact) mass is 593 g/mol. The number of carbonyl (C=O) groups is 2. The number of nitrogens with zero attached hydrogens (tertiary/aromatic N) is 5. The topological polar surface area (TPSA) is 71.3 Å². The molecule has 4 aromatic rings. The van der Waals surface area contributed by atoms with Gasteiger partial charge in [-0.15, -0.1) is 10.2 Å². The molecule has 0 bridgehead atoms. The van der Waals surface area contributed by atoms with Crippen LogP contribution in [0.25, 0.3) is 17.1 Å². The molecule has 1 aliphatic rings. The van der Waals surface area contributed by atoms with Crippen LogP contribution in [0.3, 0.4) is 0 Å². The molecule has 10 heteroatoms. The summed E-state index contributed by atoms with van der Waals surface area (Å²) < 4.78 is 2.03. The fraction of sp³-hybridized carbons (Fsp3) is 0.267. The van der Waals surface area contributed by atoms with Gasteiger partial charge in [0.15, 0.2) is 11.0 Å². The lowest BCUT2D eigenvalue weighted by Crippen LogP contribution is -2.55. The van der Waals surface area contributed by atoms with Gasteiger partial charge in [-0.1, -0.05) is 65.3 Å². The van der Waals surface area contributed by atoms with Crippen LogP contribution in [-0.2, 0) is 4.79 Å². The van der Waals surface area contributed by atoms with Crippen molar-refractivity contribution in [1.29, 1.82) is 0 Å². The average molecular weight is 595 g/mol. The molecule has 0 saturated carbocycles. The Hall–Kier alpha value is -3.33. The number of benzene rings is 3. The van der Waals surface area contributed by atoms with E-state index in [2.05, 4.69) is 10.2 Å². The number of hydrogen-bond donors (Lipinski definition) is 0. The van der Waals surface area contributed by atoms with E-state index in [1.54, 1.807) is 28.8 Å². The van der Waals surface area contributed by atoms with Crippen LogP contribution in [0.2, 0.25) is 10.0 Å². The van der Waals surface area contributed by atoms with E-state index in [-0.39, 0.29) is 17.9 Å². The maximum atomic E-state index is 13.0. The minimum absolute atomic E-state index is 0.0911. The van der Waals surface area contributed by atoms with E-state index in [4.69, 9.17) is 23.2 Å². The first-order valence-electron chi connectivity index (χ1n) is 13.1. The third kappa shape index (κ3) is 6.35. The standard InChI is InChI=1S/C30H29Cl2N5O2S/c1-21-20-35(17-18-36(21)29(39)25-10-5-6-11-26(25)32)27(38)12-7-19-40-30-34-33-28(22-13-15-23(31)16-14-22)37(30)24-8-3-2-4-9-24/h2-6,8-11,13-16,21H,7,12,17-20H2,1H3. The van der Waals surface area contributed by atoms with Crippen molar-refractivity contribution in [2.24, 2.45) is 0 Å². The highest BCUT2D eigenvalue weighted by molar-refractivity contribution is 7.99. The minimum Gasteiger partial charge on any atom is -0.339 e. The lowest BCUT2D eigenvalue weighted by molar-refractivity contribution is -0.133. The van der Waals surface area contributed by atoms with Crippen LogP contribution < -0.4 is 0 Å². The zero-order valence-electron chi connectivity index (χ0n) is 22.0. The van der Waals surface area contributed by atoms with E-state index in [9.17, 15) is 9.59 Å². The number of rotatable bonds is 8. The lowest BCUT2D eigenvalue weighted by Gasteiger charge is -2.40. The molecule has 7 nitrogen and oxygen atoms in total. The molecule has 1 saturated heterocycles. The SMILES string of the molecule is CC1CN(C(=O)CCCSc2nnc(-c3ccc(Cl)cc3)n2-c2ccccc2)CCN1C(=O)c1ccccc1Cl. The predicted molar refractivity (Wildman–Crippen MR) is 160 cm³/mol. The van der Waals surface area contributed by atoms with Crippen molar-refractivity contribution < 1.29 is 9.59 Å². The van der Waals surface area contributed by atoms with Gasteiger partial charge in [-0.2, -0.15) is 0 Å². The molecule has 0 radical (unpaired) electrons. The van der Waals surface area contributed by atoms with Crippen LogP contribution in [0.4, 0.5) is 0 Å². The molecular weight excluding hydrogens is 565 g/mol. The molecule has 1 fully saturated rings. The Bertz CT molecular complexity index is 1480. The largest absolute Gasteiger partial charge is 0.339 e. The zero-order valence-corrected chi connectivity index (χ0v) is 24.4. The quantitative estimate of drug-likeness (QED) is 0.172. The molecule has 0 spiro atoms. The molecule has 1 aliphatic heterocycles. The van der Waals surface area contributed by atoms with Crippen molar-refractivity contribution in [2.45, 2.75) is 31.0 Å². The Balaban J connectivity index is 1.17. The maximum Gasteiger partial charge on any atom is 0.255 e. The Morgan fingerprint density at radius 3 is 2.38 bits per heavy atom. The molecule has 2 heterocycles. The van der Waals surface area contributed by atoms with Crippen LogP contribution in [0, 0.1) is 0 Å². The molecule has 5 rings (SSSR count). The Morgan fingerprint density at radius 1 is 0.925 bits per heavy atom. The second-order valence-corrected chi connectivity index (χ2v) is 11.5. The van der Waals surface area contributed by atoms with E-state index >= 15 is 0 Å². The molecule has 0 aliphatic carbocycles. The molecule has 1 atom stereocenters. The highest BCUT2D eigenvalue weighted by Gasteiger charge is 2.30. The van der Waals surface area contributed by atoms with Gasteiger partial charge in [0.05, 0.1) is 10.6 Å². The van der Waals surface area contributed by atoms with Gasteiger partial charge in [0.25, 0.3) is 5.91 Å². The van der Waals surface area contributed by atoms with E-state index in [0.29, 0.717) is 48.1 Å². The van der Waals surface area contributed by atoms with Crippen molar-refractivity contribution in [3.8, 4) is 17.1 Å². The van der Waals surface area contributed by atoms with Crippen molar-refractivity contribution in [2.75, 3.05) is 25.4 Å². The van der Waals surface area contributed by atoms with Gasteiger partial charge in [-0.25, -0.2) is 0 Å². The highest BCUT2D eigenvalue weighted by atomic mass is 35.5. The van der Waals surface area contributed by atoms with Gasteiger partial charge in [-0.05, 0) is 61.9 Å². The van der Waals surface area contributed by atoms with Crippen LogP contribution in [-0.4, -0.2) is 67.8 Å². The molecule has 2 amide bonds. The summed E-state index contributed by atoms with van der Waals surface area (Å²) in [7, 11) is 0. The minimum atomic E-state index is -0.0953. The Kier molecular flexibility index (Phi) is 9.09. The summed E-state index contributed by atoms with van der Waals surface area (Å²) in [4.78, 5) is 29.7. The summed E-state index contributed by atoms with van der Waals surface area (Å²) in [5, 5.41) is 10.8. The van der Waals surface area contributed by atoms with E-state index in [0.717, 1.165) is 28.0 Å². The fourth-order valence-electron chi connectivity index (χ4n) is 4.78. The second-order valence-electron chi connectivity index (χ2n) is 9.60. The van der Waals surface area contributed by atoms with Gasteiger partial charge >= 0.3 is 0 Å². The number of halogens is 2. The van der Waals surface area contributed by atoms with Gasteiger partial charge in [0.1, 0.15) is 0 Å². The van der Waals surface area contributed by atoms with Crippen molar-refractivity contribution in [3.63, 3.8) is 0 Å². The normalized spacial score (nSPS) is 15.3. The van der Waals surface area contributed by atoms with Gasteiger partial charge < -0.3 is 9.80 Å². The summed E-state index contributed by atoms with van der Waals surface area (Å²) in [5.41, 5.74) is 2.38. The van der Waals surface area contributed by atoms with Gasteiger partial charge in [-0.3, -0.25) is 14.2 Å². The smallest absolute Gasteiger partial charge is 0.255 e. The number of aromatic nitrogens is 3. The molecule has 40 heavy (non-hydrogen) atoms. The summed E-state index contributed by atoms with van der Waals surface area (Å²) in [5.74, 6) is 1.46. The lowest BCUT2D eigenvalue weighted by atomic mass is 10.1. The van der Waals surface area contributed by atoms with Crippen LogP contribution >= 0.6 is 35.0 Å². The molecular formula is C30H29Cl2N5O2S. The summed E-state index contributed by atoms with van der Waals surface area (Å²) in [6.07, 6.45) is 1.14. The number of piperazine rings is 1. The van der Waals surface area contributed by atoms with Crippen LogP contribution in [0.1, 0.15) is 30.1 Å². The van der Waals surface area contributed by atoms with E-state index in [1.165, 1.54) is 0 Å². The van der Waals surface area contributed by atoms with Crippen molar-refractivity contribution >= 4 is 46.8 Å². The zero-order chi connectivity index (χ0) is 28.1. The molecule has 3 aromatic carbocycles. The summed E-state index contributed by atoms with van der Waals surface area (Å²) >= 11 is 13.9. The van der Waals surface area contributed by atoms with E-state index in [1.807, 2.05) is 83.1 Å². The summed E-state index contributed by atoms with van der Waals surface area (Å²) in [6.45, 7) is 3.48. The van der Waals surface area contributed by atoms with Crippen molar-refractivity contribution in [3.05, 3.63) is 94.5 Å². The predicted octanol–water partition coefficient (Wildman–Crippen LogP) is 6.49. The third-order valence-electron chi connectivity index (χ3n) is 6.86. The number of thioether (sulfide) groups is 1. The van der Waals surface area contributed by atoms with Gasteiger partial charge in [0.2, 0.25) is 5.91 Å². The average Bonchev–Trinajstić information content (AvgIpc) is 3.39. The first-order valence-corrected chi connectivity index (χ1v) is 14.9. The van der Waals surface area contributed by atoms with Crippen molar-refractivity contribution in [1.82, 2.24) is 24.6 Å².